The highest BCUT2D eigenvalue weighted by atomic mass is 16.6. The Bertz CT molecular complexity index is 728. The fraction of sp³-hybridized carbons (Fsp3) is 0.300. The lowest BCUT2D eigenvalue weighted by molar-refractivity contribution is -0.156. The van der Waals surface area contributed by atoms with Crippen LogP contribution in [0.25, 0.3) is 0 Å². The first-order chi connectivity index (χ1) is 12.0. The summed E-state index contributed by atoms with van der Waals surface area (Å²) in [5.74, 6) is -0.329. The van der Waals surface area contributed by atoms with E-state index in [0.29, 0.717) is 12.3 Å². The van der Waals surface area contributed by atoms with Gasteiger partial charge in [-0.15, -0.1) is 0 Å². The lowest BCUT2D eigenvalue weighted by Crippen LogP contribution is -2.36. The first kappa shape index (κ1) is 18.5. The third kappa shape index (κ3) is 5.95. The number of carbonyl (C=O) groups is 2. The summed E-state index contributed by atoms with van der Waals surface area (Å²) >= 11 is 0. The summed E-state index contributed by atoms with van der Waals surface area (Å²) in [5.41, 5.74) is 3.21. The molecule has 25 heavy (non-hydrogen) atoms. The quantitative estimate of drug-likeness (QED) is 0.787. The van der Waals surface area contributed by atoms with Crippen LogP contribution in [-0.4, -0.2) is 24.6 Å². The van der Waals surface area contributed by atoms with Gasteiger partial charge in [-0.3, -0.25) is 4.79 Å². The Labute approximate surface area is 148 Å². The molecule has 0 heterocycles. The Balaban J connectivity index is 1.75. The minimum atomic E-state index is -0.875. The van der Waals surface area contributed by atoms with Gasteiger partial charge < -0.3 is 14.8 Å². The van der Waals surface area contributed by atoms with Crippen molar-refractivity contribution >= 4 is 11.9 Å². The molecule has 2 rings (SSSR count). The normalized spacial score (nSPS) is 11.5. The number of rotatable bonds is 7. The first-order valence-electron chi connectivity index (χ1n) is 8.17. The minimum Gasteiger partial charge on any atom is -0.482 e. The molecule has 2 aromatic rings. The summed E-state index contributed by atoms with van der Waals surface area (Å²) < 4.78 is 10.5. The number of ether oxygens (including phenoxy) is 2. The van der Waals surface area contributed by atoms with Crippen LogP contribution in [0.3, 0.4) is 0 Å². The van der Waals surface area contributed by atoms with Gasteiger partial charge >= 0.3 is 5.97 Å². The number of amides is 1. The standard InChI is InChI=1S/C20H23NO4/c1-14-9-10-18(11-15(14)2)24-13-19(22)25-16(3)20(23)21-12-17-7-5-4-6-8-17/h4-11,16H,12-13H2,1-3H3,(H,21,23)/t16-/m0/s1. The Kier molecular flexibility index (Phi) is 6.57. The molecule has 0 bridgehead atoms. The lowest BCUT2D eigenvalue weighted by atomic mass is 10.1. The molecule has 0 saturated heterocycles. The predicted octanol–water partition coefficient (Wildman–Crippen LogP) is 2.93. The Hall–Kier alpha value is -2.82. The molecule has 0 aliphatic rings. The number of hydrogen-bond donors (Lipinski definition) is 1. The molecule has 2 aromatic carbocycles. The number of benzene rings is 2. The van der Waals surface area contributed by atoms with Crippen LogP contribution >= 0.6 is 0 Å². The maximum Gasteiger partial charge on any atom is 0.344 e. The summed E-state index contributed by atoms with van der Waals surface area (Å²) in [6, 6.07) is 15.1. The summed E-state index contributed by atoms with van der Waals surface area (Å²) in [6.07, 6.45) is -0.875. The van der Waals surface area contributed by atoms with Crippen molar-refractivity contribution in [2.75, 3.05) is 6.61 Å². The van der Waals surface area contributed by atoms with Gasteiger partial charge in [-0.05, 0) is 49.6 Å². The predicted molar refractivity (Wildman–Crippen MR) is 95.3 cm³/mol. The molecule has 0 fully saturated rings. The van der Waals surface area contributed by atoms with Crippen LogP contribution < -0.4 is 10.1 Å². The molecule has 132 valence electrons. The van der Waals surface area contributed by atoms with Crippen LogP contribution in [0.4, 0.5) is 0 Å². The largest absolute Gasteiger partial charge is 0.482 e. The average Bonchev–Trinajstić information content (AvgIpc) is 2.61. The van der Waals surface area contributed by atoms with Crippen molar-refractivity contribution in [1.82, 2.24) is 5.32 Å². The number of carbonyl (C=O) groups excluding carboxylic acids is 2. The summed E-state index contributed by atoms with van der Waals surface area (Å²) in [7, 11) is 0. The molecule has 0 aromatic heterocycles. The SMILES string of the molecule is Cc1ccc(OCC(=O)O[C@@H](C)C(=O)NCc2ccccc2)cc1C. The van der Waals surface area contributed by atoms with E-state index in [-0.39, 0.29) is 12.5 Å². The van der Waals surface area contributed by atoms with E-state index in [0.717, 1.165) is 16.7 Å². The molecule has 0 spiro atoms. The van der Waals surface area contributed by atoms with Crippen LogP contribution in [0.5, 0.6) is 5.75 Å². The van der Waals surface area contributed by atoms with Crippen molar-refractivity contribution in [2.24, 2.45) is 0 Å². The average molecular weight is 341 g/mol. The third-order valence-corrected chi connectivity index (χ3v) is 3.82. The zero-order valence-corrected chi connectivity index (χ0v) is 14.7. The second-order valence-electron chi connectivity index (χ2n) is 5.87. The number of aryl methyl sites for hydroxylation is 2. The zero-order valence-electron chi connectivity index (χ0n) is 14.7. The molecule has 0 saturated carbocycles. The highest BCUT2D eigenvalue weighted by Gasteiger charge is 2.17. The molecule has 1 N–H and O–H groups in total. The molecule has 1 amide bonds. The Morgan fingerprint density at radius 2 is 1.76 bits per heavy atom. The molecule has 0 aliphatic carbocycles. The van der Waals surface area contributed by atoms with Crippen LogP contribution in [0, 0.1) is 13.8 Å². The maximum absolute atomic E-state index is 12.0. The van der Waals surface area contributed by atoms with Gasteiger partial charge in [0.2, 0.25) is 0 Å². The van der Waals surface area contributed by atoms with Gasteiger partial charge in [-0.1, -0.05) is 36.4 Å². The van der Waals surface area contributed by atoms with E-state index in [9.17, 15) is 9.59 Å². The fourth-order valence-corrected chi connectivity index (χ4v) is 2.16. The van der Waals surface area contributed by atoms with Crippen molar-refractivity contribution in [3.63, 3.8) is 0 Å². The fourth-order valence-electron chi connectivity index (χ4n) is 2.16. The smallest absolute Gasteiger partial charge is 0.344 e. The number of esters is 1. The van der Waals surface area contributed by atoms with Gasteiger partial charge in [0.1, 0.15) is 5.75 Å². The third-order valence-electron chi connectivity index (χ3n) is 3.82. The van der Waals surface area contributed by atoms with Crippen molar-refractivity contribution in [1.29, 1.82) is 0 Å². The van der Waals surface area contributed by atoms with Crippen molar-refractivity contribution in [3.05, 3.63) is 65.2 Å². The molecule has 5 nitrogen and oxygen atoms in total. The zero-order chi connectivity index (χ0) is 18.2. The van der Waals surface area contributed by atoms with Crippen LogP contribution in [0.1, 0.15) is 23.6 Å². The Morgan fingerprint density at radius 3 is 2.44 bits per heavy atom. The summed E-state index contributed by atoms with van der Waals surface area (Å²) in [6.45, 7) is 5.66. The Morgan fingerprint density at radius 1 is 1.04 bits per heavy atom. The summed E-state index contributed by atoms with van der Waals surface area (Å²) in [4.78, 5) is 23.8. The van der Waals surface area contributed by atoms with E-state index in [1.54, 1.807) is 6.07 Å². The van der Waals surface area contributed by atoms with E-state index in [2.05, 4.69) is 5.32 Å². The second-order valence-corrected chi connectivity index (χ2v) is 5.87. The molecule has 5 heteroatoms. The molecular formula is C20H23NO4. The second kappa shape index (κ2) is 8.87. The highest BCUT2D eigenvalue weighted by molar-refractivity contribution is 5.83. The van der Waals surface area contributed by atoms with Crippen LogP contribution in [-0.2, 0) is 20.9 Å². The van der Waals surface area contributed by atoms with Crippen LogP contribution in [0.2, 0.25) is 0 Å². The van der Waals surface area contributed by atoms with Gasteiger partial charge in [0.05, 0.1) is 0 Å². The van der Waals surface area contributed by atoms with Crippen molar-refractivity contribution < 1.29 is 19.1 Å². The van der Waals surface area contributed by atoms with E-state index in [1.165, 1.54) is 6.92 Å². The van der Waals surface area contributed by atoms with Gasteiger partial charge in [-0.25, -0.2) is 4.79 Å². The van der Waals surface area contributed by atoms with Gasteiger partial charge in [0.25, 0.3) is 5.91 Å². The highest BCUT2D eigenvalue weighted by Crippen LogP contribution is 2.16. The van der Waals surface area contributed by atoms with E-state index < -0.39 is 12.1 Å². The number of hydrogen-bond acceptors (Lipinski definition) is 4. The molecular weight excluding hydrogens is 318 g/mol. The van der Waals surface area contributed by atoms with Crippen molar-refractivity contribution in [2.45, 2.75) is 33.4 Å². The van der Waals surface area contributed by atoms with Crippen molar-refractivity contribution in [3.8, 4) is 5.75 Å². The lowest BCUT2D eigenvalue weighted by Gasteiger charge is -2.14. The first-order valence-corrected chi connectivity index (χ1v) is 8.17. The topological polar surface area (TPSA) is 64.6 Å². The van der Waals surface area contributed by atoms with E-state index in [1.807, 2.05) is 56.3 Å². The van der Waals surface area contributed by atoms with E-state index in [4.69, 9.17) is 9.47 Å². The molecule has 0 aliphatic heterocycles. The maximum atomic E-state index is 12.0. The molecule has 1 atom stereocenters. The van der Waals surface area contributed by atoms with Gasteiger partial charge in [0, 0.05) is 6.54 Å². The molecule has 0 unspecified atom stereocenters. The van der Waals surface area contributed by atoms with E-state index >= 15 is 0 Å². The summed E-state index contributed by atoms with van der Waals surface area (Å²) in [5, 5.41) is 2.73. The van der Waals surface area contributed by atoms with Gasteiger partial charge in [0.15, 0.2) is 12.7 Å². The van der Waals surface area contributed by atoms with Crippen LogP contribution in [0.15, 0.2) is 48.5 Å². The van der Waals surface area contributed by atoms with Gasteiger partial charge in [-0.2, -0.15) is 0 Å². The minimum absolute atomic E-state index is 0.237. The monoisotopic (exact) mass is 341 g/mol. The molecule has 0 radical (unpaired) electrons. The number of nitrogens with one attached hydrogen (secondary N) is 1.